The molecule has 2 amide bonds. The van der Waals surface area contributed by atoms with Gasteiger partial charge in [-0.05, 0) is 93.4 Å². The molecule has 0 unspecified atom stereocenters. The molecule has 3 aromatic carbocycles. The zero-order valence-electron chi connectivity index (χ0n) is 24.5. The standard InChI is InChI=1S/C31H38ClN3O6S/c1-6-22(3)33-31(37)23(4)34(20-24-8-14-27(40-5)15-9-24)30(36)21-35(26-12-16-28(17-13-26)41-7-2)42(38,39)29-18-10-25(32)11-19-29/h8-19,22-23H,6-7,20-21H2,1-5H3,(H,33,37)/t22-,23+/m1/s1. The van der Waals surface area contributed by atoms with Gasteiger partial charge in [0.1, 0.15) is 24.1 Å². The maximum Gasteiger partial charge on any atom is 0.264 e. The smallest absolute Gasteiger partial charge is 0.264 e. The quantitative estimate of drug-likeness (QED) is 0.265. The highest BCUT2D eigenvalue weighted by molar-refractivity contribution is 7.92. The summed E-state index contributed by atoms with van der Waals surface area (Å²) in [7, 11) is -2.65. The molecule has 0 aliphatic heterocycles. The molecule has 0 heterocycles. The van der Waals surface area contributed by atoms with E-state index in [0.29, 0.717) is 23.1 Å². The Labute approximate surface area is 253 Å². The Hall–Kier alpha value is -3.76. The van der Waals surface area contributed by atoms with Gasteiger partial charge in [-0.2, -0.15) is 0 Å². The predicted octanol–water partition coefficient (Wildman–Crippen LogP) is 5.27. The van der Waals surface area contributed by atoms with Crippen molar-refractivity contribution in [2.24, 2.45) is 0 Å². The maximum atomic E-state index is 14.0. The number of nitrogens with one attached hydrogen (secondary N) is 1. The van der Waals surface area contributed by atoms with Crippen molar-refractivity contribution in [2.45, 2.75) is 57.6 Å². The Balaban J connectivity index is 2.02. The highest BCUT2D eigenvalue weighted by Crippen LogP contribution is 2.27. The molecule has 0 bridgehead atoms. The minimum Gasteiger partial charge on any atom is -0.497 e. The number of methoxy groups -OCH3 is 1. The van der Waals surface area contributed by atoms with Gasteiger partial charge in [0.15, 0.2) is 0 Å². The third-order valence-electron chi connectivity index (χ3n) is 6.80. The van der Waals surface area contributed by atoms with Gasteiger partial charge >= 0.3 is 0 Å². The van der Waals surface area contributed by atoms with Gasteiger partial charge in [0.05, 0.1) is 24.3 Å². The summed E-state index contributed by atoms with van der Waals surface area (Å²) in [6.45, 7) is 7.29. The average molecular weight is 616 g/mol. The van der Waals surface area contributed by atoms with Gasteiger partial charge in [0, 0.05) is 17.6 Å². The van der Waals surface area contributed by atoms with Crippen LogP contribution in [0.5, 0.6) is 11.5 Å². The fourth-order valence-corrected chi connectivity index (χ4v) is 5.65. The Morgan fingerprint density at radius 3 is 2.05 bits per heavy atom. The summed E-state index contributed by atoms with van der Waals surface area (Å²) < 4.78 is 39.6. The van der Waals surface area contributed by atoms with E-state index in [-0.39, 0.29) is 29.1 Å². The third-order valence-corrected chi connectivity index (χ3v) is 8.84. The lowest BCUT2D eigenvalue weighted by Gasteiger charge is -2.32. The highest BCUT2D eigenvalue weighted by atomic mass is 35.5. The summed E-state index contributed by atoms with van der Waals surface area (Å²) in [6.07, 6.45) is 0.718. The lowest BCUT2D eigenvalue weighted by molar-refractivity contribution is -0.139. The Morgan fingerprint density at radius 1 is 0.905 bits per heavy atom. The summed E-state index contributed by atoms with van der Waals surface area (Å²) in [5, 5.41) is 3.30. The minimum absolute atomic E-state index is 0.0298. The number of halogens is 1. The number of ether oxygens (including phenoxy) is 2. The van der Waals surface area contributed by atoms with Gasteiger partial charge in [0.25, 0.3) is 10.0 Å². The van der Waals surface area contributed by atoms with Crippen molar-refractivity contribution in [1.29, 1.82) is 0 Å². The first-order valence-corrected chi connectivity index (χ1v) is 15.6. The topological polar surface area (TPSA) is 105 Å². The fourth-order valence-electron chi connectivity index (χ4n) is 4.11. The molecule has 1 N–H and O–H groups in total. The van der Waals surface area contributed by atoms with Crippen LogP contribution in [0.15, 0.2) is 77.7 Å². The van der Waals surface area contributed by atoms with Crippen LogP contribution in [0.4, 0.5) is 5.69 Å². The number of hydrogen-bond donors (Lipinski definition) is 1. The second-order valence-electron chi connectivity index (χ2n) is 9.76. The van der Waals surface area contributed by atoms with E-state index in [2.05, 4.69) is 5.32 Å². The van der Waals surface area contributed by atoms with Crippen LogP contribution < -0.4 is 19.1 Å². The lowest BCUT2D eigenvalue weighted by atomic mass is 10.1. The van der Waals surface area contributed by atoms with Crippen molar-refractivity contribution in [3.63, 3.8) is 0 Å². The van der Waals surface area contributed by atoms with Crippen LogP contribution in [0.2, 0.25) is 5.02 Å². The van der Waals surface area contributed by atoms with E-state index in [1.54, 1.807) is 62.6 Å². The van der Waals surface area contributed by atoms with Crippen LogP contribution in [-0.4, -0.2) is 57.5 Å². The molecule has 3 aromatic rings. The van der Waals surface area contributed by atoms with E-state index in [9.17, 15) is 18.0 Å². The number of hydrogen-bond acceptors (Lipinski definition) is 6. The normalized spacial score (nSPS) is 12.6. The molecular weight excluding hydrogens is 578 g/mol. The van der Waals surface area contributed by atoms with Crippen LogP contribution in [0, 0.1) is 0 Å². The Kier molecular flexibility index (Phi) is 11.6. The van der Waals surface area contributed by atoms with Crippen molar-refractivity contribution in [2.75, 3.05) is 24.6 Å². The van der Waals surface area contributed by atoms with Crippen molar-refractivity contribution in [3.8, 4) is 11.5 Å². The van der Waals surface area contributed by atoms with Crippen LogP contribution in [0.25, 0.3) is 0 Å². The van der Waals surface area contributed by atoms with Crippen molar-refractivity contribution < 1.29 is 27.5 Å². The van der Waals surface area contributed by atoms with E-state index >= 15 is 0 Å². The van der Waals surface area contributed by atoms with Gasteiger partial charge in [-0.25, -0.2) is 8.42 Å². The number of anilines is 1. The first-order valence-electron chi connectivity index (χ1n) is 13.7. The number of rotatable bonds is 14. The molecule has 0 aliphatic carbocycles. The molecule has 0 aliphatic rings. The zero-order valence-corrected chi connectivity index (χ0v) is 26.1. The minimum atomic E-state index is -4.21. The molecule has 9 nitrogen and oxygen atoms in total. The number of nitrogens with zero attached hydrogens (tertiary/aromatic N) is 2. The zero-order chi connectivity index (χ0) is 30.9. The fraction of sp³-hybridized carbons (Fsp3) is 0.355. The molecule has 2 atom stereocenters. The molecule has 0 radical (unpaired) electrons. The molecule has 3 rings (SSSR count). The van der Waals surface area contributed by atoms with E-state index in [0.717, 1.165) is 16.3 Å². The molecular formula is C31H38ClN3O6S. The second kappa shape index (κ2) is 14.9. The molecule has 42 heavy (non-hydrogen) atoms. The van der Waals surface area contributed by atoms with Crippen LogP contribution in [0.3, 0.4) is 0 Å². The number of sulfonamides is 1. The predicted molar refractivity (Wildman–Crippen MR) is 164 cm³/mol. The van der Waals surface area contributed by atoms with Crippen molar-refractivity contribution in [3.05, 3.63) is 83.4 Å². The molecule has 0 aromatic heterocycles. The van der Waals surface area contributed by atoms with Crippen molar-refractivity contribution >= 4 is 39.1 Å². The number of carbonyl (C=O) groups excluding carboxylic acids is 2. The van der Waals surface area contributed by atoms with Gasteiger partial charge in [0.2, 0.25) is 11.8 Å². The number of benzene rings is 3. The van der Waals surface area contributed by atoms with Crippen LogP contribution >= 0.6 is 11.6 Å². The van der Waals surface area contributed by atoms with Gasteiger partial charge in [-0.15, -0.1) is 0 Å². The molecule has 0 fully saturated rings. The number of carbonyl (C=O) groups is 2. The number of amides is 2. The largest absolute Gasteiger partial charge is 0.497 e. The van der Waals surface area contributed by atoms with Gasteiger partial charge < -0.3 is 19.7 Å². The van der Waals surface area contributed by atoms with Gasteiger partial charge in [-0.1, -0.05) is 30.7 Å². The second-order valence-corrected chi connectivity index (χ2v) is 12.1. The summed E-state index contributed by atoms with van der Waals surface area (Å²) in [6, 6.07) is 18.3. The summed E-state index contributed by atoms with van der Waals surface area (Å²) in [5.41, 5.74) is 1.02. The first-order chi connectivity index (χ1) is 20.0. The van der Waals surface area contributed by atoms with E-state index in [4.69, 9.17) is 21.1 Å². The Bertz CT molecular complexity index is 1430. The summed E-state index contributed by atoms with van der Waals surface area (Å²) in [4.78, 5) is 28.6. The molecule has 11 heteroatoms. The van der Waals surface area contributed by atoms with Gasteiger partial charge in [-0.3, -0.25) is 13.9 Å². The summed E-state index contributed by atoms with van der Waals surface area (Å²) >= 11 is 6.01. The SMILES string of the molecule is CCOc1ccc(N(CC(=O)N(Cc2ccc(OC)cc2)[C@@H](C)C(=O)N[C@H](C)CC)S(=O)(=O)c2ccc(Cl)cc2)cc1. The van der Waals surface area contributed by atoms with E-state index in [1.165, 1.54) is 29.2 Å². The Morgan fingerprint density at radius 2 is 1.50 bits per heavy atom. The van der Waals surface area contributed by atoms with Crippen LogP contribution in [0.1, 0.15) is 39.7 Å². The summed E-state index contributed by atoms with van der Waals surface area (Å²) in [5.74, 6) is 0.325. The van der Waals surface area contributed by atoms with E-state index in [1.807, 2.05) is 20.8 Å². The monoisotopic (exact) mass is 615 g/mol. The molecule has 0 saturated heterocycles. The van der Waals surface area contributed by atoms with Crippen molar-refractivity contribution in [1.82, 2.24) is 10.2 Å². The molecule has 226 valence electrons. The third kappa shape index (κ3) is 8.39. The maximum absolute atomic E-state index is 14.0. The average Bonchev–Trinajstić information content (AvgIpc) is 2.99. The first kappa shape index (κ1) is 32.8. The highest BCUT2D eigenvalue weighted by Gasteiger charge is 2.33. The van der Waals surface area contributed by atoms with E-state index < -0.39 is 28.5 Å². The lowest BCUT2D eigenvalue weighted by Crippen LogP contribution is -2.52. The molecule has 0 spiro atoms. The molecule has 0 saturated carbocycles. The van der Waals surface area contributed by atoms with Crippen LogP contribution in [-0.2, 0) is 26.2 Å².